The van der Waals surface area contributed by atoms with E-state index in [0.717, 1.165) is 37.8 Å². The highest BCUT2D eigenvalue weighted by Crippen LogP contribution is 2.28. The van der Waals surface area contributed by atoms with Gasteiger partial charge in [0.1, 0.15) is 18.8 Å². The zero-order valence-electron chi connectivity index (χ0n) is 13.8. The maximum Gasteiger partial charge on any atom is 0.253 e. The number of likely N-dealkylation sites (N-methyl/N-ethyl adjacent to an activating group) is 1. The van der Waals surface area contributed by atoms with Gasteiger partial charge in [-0.15, -0.1) is 4.37 Å². The van der Waals surface area contributed by atoms with Crippen LogP contribution in [0.25, 0.3) is 5.57 Å². The summed E-state index contributed by atoms with van der Waals surface area (Å²) in [7, 11) is 2.82. The average Bonchev–Trinajstić information content (AvgIpc) is 2.96. The van der Waals surface area contributed by atoms with Crippen LogP contribution < -0.4 is 4.74 Å². The minimum absolute atomic E-state index is 0.0132. The smallest absolute Gasteiger partial charge is 0.253 e. The van der Waals surface area contributed by atoms with Gasteiger partial charge >= 0.3 is 0 Å². The standard InChI is InChI=1S/C14H24N3O2S.CH4O/c1-3-4-5-6-10-19-14-13(15-20-16-14)12-8-7-9-17(2,18)11-12;1-2/h8,18H,3-7,9-11H2,1-2H3;2H,1H3/q+1;. The molecule has 0 fully saturated rings. The molecule has 0 amide bonds. The summed E-state index contributed by atoms with van der Waals surface area (Å²) in [6.07, 6.45) is 7.71. The molecule has 1 atom stereocenters. The Morgan fingerprint density at radius 1 is 1.27 bits per heavy atom. The molecule has 1 aliphatic heterocycles. The van der Waals surface area contributed by atoms with Crippen LogP contribution >= 0.6 is 11.7 Å². The molecule has 1 aliphatic rings. The predicted molar refractivity (Wildman–Crippen MR) is 88.0 cm³/mol. The fourth-order valence-electron chi connectivity index (χ4n) is 2.37. The van der Waals surface area contributed by atoms with Crippen LogP contribution in [0.1, 0.15) is 44.7 Å². The first-order valence-corrected chi connectivity index (χ1v) is 8.52. The van der Waals surface area contributed by atoms with Crippen molar-refractivity contribution >= 4 is 17.3 Å². The highest BCUT2D eigenvalue weighted by Gasteiger charge is 2.28. The van der Waals surface area contributed by atoms with Crippen LogP contribution in [-0.4, -0.2) is 57.6 Å². The van der Waals surface area contributed by atoms with Crippen molar-refractivity contribution in [2.75, 3.05) is 33.9 Å². The summed E-state index contributed by atoms with van der Waals surface area (Å²) in [5, 5.41) is 17.1. The second-order valence-electron chi connectivity index (χ2n) is 5.57. The molecular formula is C15H28N3O3S+. The largest absolute Gasteiger partial charge is 0.475 e. The number of hydroxylamine groups is 3. The first-order chi connectivity index (χ1) is 10.6. The van der Waals surface area contributed by atoms with E-state index in [1.165, 1.54) is 31.0 Å². The topological polar surface area (TPSA) is 75.5 Å². The molecule has 0 saturated carbocycles. The Morgan fingerprint density at radius 2 is 2.05 bits per heavy atom. The zero-order valence-corrected chi connectivity index (χ0v) is 14.6. The van der Waals surface area contributed by atoms with Crippen LogP contribution in [0.2, 0.25) is 0 Å². The Morgan fingerprint density at radius 3 is 2.73 bits per heavy atom. The first-order valence-electron chi connectivity index (χ1n) is 7.79. The van der Waals surface area contributed by atoms with Crippen molar-refractivity contribution in [2.45, 2.75) is 39.0 Å². The van der Waals surface area contributed by atoms with E-state index in [2.05, 4.69) is 21.7 Å². The number of aliphatic hydroxyl groups is 1. The number of quaternary nitrogens is 1. The number of hydrogen-bond acceptors (Lipinski definition) is 6. The summed E-state index contributed by atoms with van der Waals surface area (Å²) in [5.41, 5.74) is 1.85. The monoisotopic (exact) mass is 330 g/mol. The lowest BCUT2D eigenvalue weighted by molar-refractivity contribution is -1.08. The van der Waals surface area contributed by atoms with Crippen molar-refractivity contribution in [3.8, 4) is 5.88 Å². The van der Waals surface area contributed by atoms with E-state index >= 15 is 0 Å². The van der Waals surface area contributed by atoms with Crippen molar-refractivity contribution in [3.63, 3.8) is 0 Å². The third kappa shape index (κ3) is 6.00. The minimum atomic E-state index is 0.0132. The number of unbranched alkanes of at least 4 members (excludes halogenated alkanes) is 3. The molecule has 22 heavy (non-hydrogen) atoms. The third-order valence-electron chi connectivity index (χ3n) is 3.51. The van der Waals surface area contributed by atoms with Gasteiger partial charge in [-0.05, 0) is 6.42 Å². The molecule has 6 nitrogen and oxygen atoms in total. The van der Waals surface area contributed by atoms with E-state index < -0.39 is 0 Å². The molecule has 1 unspecified atom stereocenters. The molecule has 0 bridgehead atoms. The van der Waals surface area contributed by atoms with Crippen LogP contribution in [0.4, 0.5) is 0 Å². The normalized spacial score (nSPS) is 20.9. The first kappa shape index (κ1) is 19.0. The van der Waals surface area contributed by atoms with Crippen molar-refractivity contribution in [3.05, 3.63) is 11.8 Å². The van der Waals surface area contributed by atoms with Gasteiger partial charge in [-0.3, -0.25) is 0 Å². The fourth-order valence-corrected chi connectivity index (χ4v) is 2.90. The summed E-state index contributed by atoms with van der Waals surface area (Å²) >= 11 is 1.17. The van der Waals surface area contributed by atoms with E-state index in [4.69, 9.17) is 9.84 Å². The highest BCUT2D eigenvalue weighted by atomic mass is 32.1. The quantitative estimate of drug-likeness (QED) is 0.594. The van der Waals surface area contributed by atoms with Crippen LogP contribution in [0.5, 0.6) is 5.88 Å². The predicted octanol–water partition coefficient (Wildman–Crippen LogP) is 2.73. The van der Waals surface area contributed by atoms with Gasteiger partial charge in [-0.1, -0.05) is 32.3 Å². The number of aromatic nitrogens is 2. The Bertz CT molecular complexity index is 461. The molecule has 2 heterocycles. The lowest BCUT2D eigenvalue weighted by Gasteiger charge is -2.29. The lowest BCUT2D eigenvalue weighted by atomic mass is 10.1. The van der Waals surface area contributed by atoms with E-state index in [0.29, 0.717) is 19.0 Å². The number of hydrogen-bond donors (Lipinski definition) is 2. The molecular weight excluding hydrogens is 302 g/mol. The van der Waals surface area contributed by atoms with Gasteiger partial charge in [0.2, 0.25) is 0 Å². The summed E-state index contributed by atoms with van der Waals surface area (Å²) in [4.78, 5) is 0. The lowest BCUT2D eigenvalue weighted by Crippen LogP contribution is -2.44. The number of rotatable bonds is 7. The van der Waals surface area contributed by atoms with Gasteiger partial charge in [-0.2, -0.15) is 9.02 Å². The van der Waals surface area contributed by atoms with Crippen LogP contribution in [0.3, 0.4) is 0 Å². The maximum absolute atomic E-state index is 10.1. The summed E-state index contributed by atoms with van der Waals surface area (Å²) in [5.74, 6) is 0.625. The molecule has 0 aliphatic carbocycles. The second-order valence-corrected chi connectivity index (χ2v) is 6.09. The molecule has 126 valence electrons. The van der Waals surface area contributed by atoms with Crippen molar-refractivity contribution in [2.24, 2.45) is 0 Å². The van der Waals surface area contributed by atoms with Gasteiger partial charge in [-0.25, -0.2) is 5.21 Å². The van der Waals surface area contributed by atoms with Crippen LogP contribution in [0, 0.1) is 0 Å². The SMILES string of the molecule is CCCCCCOc1nsnc1C1=CCC[N+](C)(O)C1.CO. The van der Waals surface area contributed by atoms with E-state index in [9.17, 15) is 5.21 Å². The molecule has 1 aromatic heterocycles. The van der Waals surface area contributed by atoms with Gasteiger partial charge in [0, 0.05) is 19.1 Å². The van der Waals surface area contributed by atoms with Crippen LogP contribution in [-0.2, 0) is 0 Å². The number of nitrogens with zero attached hydrogens (tertiary/aromatic N) is 3. The third-order valence-corrected chi connectivity index (χ3v) is 4.02. The van der Waals surface area contributed by atoms with Gasteiger partial charge in [0.05, 0.1) is 25.4 Å². The molecule has 0 saturated heterocycles. The Hall–Kier alpha value is -1.02. The Kier molecular flexibility index (Phi) is 8.55. The minimum Gasteiger partial charge on any atom is -0.475 e. The van der Waals surface area contributed by atoms with Crippen LogP contribution in [0.15, 0.2) is 6.08 Å². The molecule has 1 aromatic rings. The molecule has 0 radical (unpaired) electrons. The van der Waals surface area contributed by atoms with E-state index in [-0.39, 0.29) is 4.65 Å². The van der Waals surface area contributed by atoms with Gasteiger partial charge in [0.25, 0.3) is 5.88 Å². The highest BCUT2D eigenvalue weighted by molar-refractivity contribution is 6.99. The fraction of sp³-hybridized carbons (Fsp3) is 0.733. The van der Waals surface area contributed by atoms with Gasteiger partial charge < -0.3 is 9.84 Å². The maximum atomic E-state index is 10.1. The van der Waals surface area contributed by atoms with Crippen molar-refractivity contribution < 1.29 is 19.7 Å². The Labute approximate surface area is 136 Å². The van der Waals surface area contributed by atoms with Gasteiger partial charge in [0.15, 0.2) is 0 Å². The number of aliphatic hydroxyl groups excluding tert-OH is 1. The molecule has 0 aromatic carbocycles. The number of ether oxygens (including phenoxy) is 1. The van der Waals surface area contributed by atoms with E-state index in [1.54, 1.807) is 0 Å². The van der Waals surface area contributed by atoms with Crippen molar-refractivity contribution in [1.29, 1.82) is 0 Å². The average molecular weight is 330 g/mol. The van der Waals surface area contributed by atoms with E-state index in [1.807, 2.05) is 7.05 Å². The molecule has 2 rings (SSSR count). The summed E-state index contributed by atoms with van der Waals surface area (Å²) in [6.45, 7) is 4.20. The molecule has 7 heteroatoms. The zero-order chi connectivity index (χ0) is 16.4. The molecule has 0 spiro atoms. The second kappa shape index (κ2) is 9.89. The summed E-state index contributed by atoms with van der Waals surface area (Å²) in [6, 6.07) is 0. The van der Waals surface area contributed by atoms with Crippen molar-refractivity contribution in [1.82, 2.24) is 8.75 Å². The summed E-state index contributed by atoms with van der Waals surface area (Å²) < 4.78 is 14.3. The Balaban J connectivity index is 0.00000116. The molecule has 2 N–H and O–H groups in total.